The summed E-state index contributed by atoms with van der Waals surface area (Å²) in [6, 6.07) is 6.34. The van der Waals surface area contributed by atoms with Crippen LogP contribution in [0.25, 0.3) is 0 Å². The van der Waals surface area contributed by atoms with Gasteiger partial charge in [-0.2, -0.15) is 0 Å². The first-order chi connectivity index (χ1) is 12.4. The molecular weight excluding hydrogens is 324 g/mol. The molecule has 3 unspecified atom stereocenters. The standard InChI is InChI=1S/C23H36O3/c1-7-16(2)9-8-12-23(15-17(3)20(24)13-18(23)4)19-10-11-21(25-5)22(14-19)26-6/h10-11,14,16-18H,7-9,12-13,15H2,1-6H3/t16?,17?,18?,23-/m0/s1. The Morgan fingerprint density at radius 3 is 2.50 bits per heavy atom. The number of hydrogen-bond acceptors (Lipinski definition) is 3. The highest BCUT2D eigenvalue weighted by Gasteiger charge is 2.44. The van der Waals surface area contributed by atoms with E-state index in [0.29, 0.717) is 18.1 Å². The Balaban J connectivity index is 2.38. The summed E-state index contributed by atoms with van der Waals surface area (Å²) in [4.78, 5) is 12.3. The summed E-state index contributed by atoms with van der Waals surface area (Å²) in [5.74, 6) is 3.19. The van der Waals surface area contributed by atoms with Gasteiger partial charge in [-0.15, -0.1) is 0 Å². The zero-order valence-corrected chi connectivity index (χ0v) is 17.4. The molecule has 3 heteroatoms. The summed E-state index contributed by atoms with van der Waals surface area (Å²) in [5.41, 5.74) is 1.34. The maximum Gasteiger partial charge on any atom is 0.161 e. The quantitative estimate of drug-likeness (QED) is 0.588. The van der Waals surface area contributed by atoms with Crippen molar-refractivity contribution in [3.63, 3.8) is 0 Å². The predicted octanol–water partition coefficient (Wildman–Crippen LogP) is 5.79. The monoisotopic (exact) mass is 360 g/mol. The number of ketones is 1. The molecule has 146 valence electrons. The molecule has 0 aliphatic heterocycles. The lowest BCUT2D eigenvalue weighted by Gasteiger charge is -2.45. The molecule has 1 aliphatic rings. The van der Waals surface area contributed by atoms with E-state index < -0.39 is 0 Å². The van der Waals surface area contributed by atoms with E-state index in [0.717, 1.165) is 30.3 Å². The first-order valence-corrected chi connectivity index (χ1v) is 10.1. The van der Waals surface area contributed by atoms with Gasteiger partial charge in [0.25, 0.3) is 0 Å². The minimum Gasteiger partial charge on any atom is -0.493 e. The van der Waals surface area contributed by atoms with Crippen molar-refractivity contribution < 1.29 is 14.3 Å². The Morgan fingerprint density at radius 1 is 1.19 bits per heavy atom. The lowest BCUT2D eigenvalue weighted by Crippen LogP contribution is -2.43. The Hall–Kier alpha value is -1.51. The number of carbonyl (C=O) groups excluding carboxylic acids is 1. The molecule has 26 heavy (non-hydrogen) atoms. The first-order valence-electron chi connectivity index (χ1n) is 10.1. The Kier molecular flexibility index (Phi) is 7.14. The van der Waals surface area contributed by atoms with E-state index in [9.17, 15) is 4.79 Å². The van der Waals surface area contributed by atoms with Crippen LogP contribution in [0.1, 0.15) is 71.8 Å². The average molecular weight is 361 g/mol. The smallest absolute Gasteiger partial charge is 0.161 e. The highest BCUT2D eigenvalue weighted by Crippen LogP contribution is 2.49. The molecule has 0 amide bonds. The first kappa shape index (κ1) is 20.8. The van der Waals surface area contributed by atoms with Crippen molar-refractivity contribution in [2.24, 2.45) is 17.8 Å². The van der Waals surface area contributed by atoms with Gasteiger partial charge in [0.15, 0.2) is 11.5 Å². The van der Waals surface area contributed by atoms with Gasteiger partial charge < -0.3 is 9.47 Å². The third-order valence-corrected chi connectivity index (χ3v) is 6.65. The largest absolute Gasteiger partial charge is 0.493 e. The summed E-state index contributed by atoms with van der Waals surface area (Å²) in [6.07, 6.45) is 6.43. The van der Waals surface area contributed by atoms with Crippen molar-refractivity contribution in [3.05, 3.63) is 23.8 Å². The number of Topliss-reactive ketones (excluding diaryl/α,β-unsaturated/α-hetero) is 1. The second-order valence-corrected chi connectivity index (χ2v) is 8.31. The van der Waals surface area contributed by atoms with E-state index in [-0.39, 0.29) is 11.3 Å². The molecule has 0 spiro atoms. The molecule has 0 heterocycles. The molecule has 0 N–H and O–H groups in total. The van der Waals surface area contributed by atoms with Crippen molar-refractivity contribution in [2.45, 2.75) is 71.6 Å². The number of rotatable bonds is 8. The normalized spacial score (nSPS) is 27.2. The lowest BCUT2D eigenvalue weighted by atomic mass is 9.58. The molecule has 3 nitrogen and oxygen atoms in total. The van der Waals surface area contributed by atoms with E-state index in [1.807, 2.05) is 6.07 Å². The topological polar surface area (TPSA) is 35.5 Å². The zero-order valence-electron chi connectivity index (χ0n) is 17.4. The molecule has 0 radical (unpaired) electrons. The highest BCUT2D eigenvalue weighted by atomic mass is 16.5. The van der Waals surface area contributed by atoms with Gasteiger partial charge >= 0.3 is 0 Å². The van der Waals surface area contributed by atoms with Gasteiger partial charge in [0.1, 0.15) is 5.78 Å². The van der Waals surface area contributed by atoms with Crippen LogP contribution in [0.2, 0.25) is 0 Å². The van der Waals surface area contributed by atoms with Gasteiger partial charge in [-0.1, -0.05) is 53.0 Å². The molecular formula is C23H36O3. The number of benzene rings is 1. The molecule has 0 bridgehead atoms. The number of carbonyl (C=O) groups is 1. The second-order valence-electron chi connectivity index (χ2n) is 8.31. The van der Waals surface area contributed by atoms with E-state index in [1.54, 1.807) is 14.2 Å². The van der Waals surface area contributed by atoms with E-state index in [1.165, 1.54) is 24.8 Å². The number of methoxy groups -OCH3 is 2. The molecule has 1 fully saturated rings. The maximum absolute atomic E-state index is 12.3. The van der Waals surface area contributed by atoms with Gasteiger partial charge in [0, 0.05) is 12.3 Å². The minimum absolute atomic E-state index is 0.0420. The van der Waals surface area contributed by atoms with Crippen molar-refractivity contribution in [3.8, 4) is 11.5 Å². The van der Waals surface area contributed by atoms with Crippen LogP contribution in [0.5, 0.6) is 11.5 Å². The summed E-state index contributed by atoms with van der Waals surface area (Å²) in [5, 5.41) is 0. The molecule has 0 aromatic heterocycles. The van der Waals surface area contributed by atoms with Crippen LogP contribution in [0.15, 0.2) is 18.2 Å². The van der Waals surface area contributed by atoms with Crippen LogP contribution in [-0.4, -0.2) is 20.0 Å². The van der Waals surface area contributed by atoms with E-state index in [2.05, 4.69) is 39.8 Å². The van der Waals surface area contributed by atoms with Crippen LogP contribution in [0, 0.1) is 17.8 Å². The fourth-order valence-corrected chi connectivity index (χ4v) is 4.57. The SMILES string of the molecule is CCC(C)CCC[C@]1(c2ccc(OC)c(OC)c2)CC(C)C(=O)CC1C. The Morgan fingerprint density at radius 2 is 1.88 bits per heavy atom. The van der Waals surface area contributed by atoms with E-state index in [4.69, 9.17) is 9.47 Å². The fraction of sp³-hybridized carbons (Fsp3) is 0.696. The van der Waals surface area contributed by atoms with Crippen LogP contribution < -0.4 is 9.47 Å². The summed E-state index contributed by atoms with van der Waals surface area (Å²) in [7, 11) is 3.36. The minimum atomic E-state index is 0.0420. The highest BCUT2D eigenvalue weighted by molar-refractivity contribution is 5.82. The Bertz CT molecular complexity index is 609. The van der Waals surface area contributed by atoms with Gasteiger partial charge in [-0.3, -0.25) is 4.79 Å². The molecule has 4 atom stereocenters. The average Bonchev–Trinajstić information content (AvgIpc) is 2.64. The van der Waals surface area contributed by atoms with Crippen LogP contribution in [-0.2, 0) is 10.2 Å². The number of hydrogen-bond donors (Lipinski definition) is 0. The third kappa shape index (κ3) is 4.24. The van der Waals surface area contributed by atoms with Crippen molar-refractivity contribution in [2.75, 3.05) is 14.2 Å². The summed E-state index contributed by atoms with van der Waals surface area (Å²) in [6.45, 7) is 8.94. The molecule has 1 aromatic rings. The zero-order chi connectivity index (χ0) is 19.3. The second kappa shape index (κ2) is 8.92. The van der Waals surface area contributed by atoms with Crippen molar-refractivity contribution in [1.82, 2.24) is 0 Å². The van der Waals surface area contributed by atoms with Crippen LogP contribution in [0.4, 0.5) is 0 Å². The van der Waals surface area contributed by atoms with Crippen LogP contribution >= 0.6 is 0 Å². The third-order valence-electron chi connectivity index (χ3n) is 6.65. The van der Waals surface area contributed by atoms with Crippen LogP contribution in [0.3, 0.4) is 0 Å². The van der Waals surface area contributed by atoms with Crippen molar-refractivity contribution in [1.29, 1.82) is 0 Å². The molecule has 1 aromatic carbocycles. The van der Waals surface area contributed by atoms with Gasteiger partial charge in [0.2, 0.25) is 0 Å². The van der Waals surface area contributed by atoms with Gasteiger partial charge in [-0.25, -0.2) is 0 Å². The van der Waals surface area contributed by atoms with Crippen molar-refractivity contribution >= 4 is 5.78 Å². The number of ether oxygens (including phenoxy) is 2. The van der Waals surface area contributed by atoms with E-state index >= 15 is 0 Å². The van der Waals surface area contributed by atoms with Gasteiger partial charge in [-0.05, 0) is 47.8 Å². The molecule has 0 saturated heterocycles. The lowest BCUT2D eigenvalue weighted by molar-refractivity contribution is -0.127. The van der Waals surface area contributed by atoms with Gasteiger partial charge in [0.05, 0.1) is 14.2 Å². The maximum atomic E-state index is 12.3. The molecule has 1 aliphatic carbocycles. The predicted molar refractivity (Wildman–Crippen MR) is 107 cm³/mol. The summed E-state index contributed by atoms with van der Waals surface area (Å²) < 4.78 is 11.0. The fourth-order valence-electron chi connectivity index (χ4n) is 4.57. The molecule has 2 rings (SSSR count). The Labute approximate surface area is 159 Å². The molecule has 1 saturated carbocycles. The summed E-state index contributed by atoms with van der Waals surface area (Å²) >= 11 is 0.